The fourth-order valence-electron chi connectivity index (χ4n) is 1.92. The van der Waals surface area contributed by atoms with Crippen LogP contribution in [0.3, 0.4) is 0 Å². The van der Waals surface area contributed by atoms with Crippen LogP contribution in [0.4, 0.5) is 4.39 Å². The lowest BCUT2D eigenvalue weighted by molar-refractivity contribution is 0.0700. The zero-order valence-electron chi connectivity index (χ0n) is 9.57. The molecule has 1 amide bonds. The zero-order chi connectivity index (χ0) is 12.4. The topological polar surface area (TPSA) is 33.2 Å². The second-order valence-electron chi connectivity index (χ2n) is 4.42. The molecule has 0 spiro atoms. The molecule has 5 heteroatoms. The molecule has 0 bridgehead atoms. The van der Waals surface area contributed by atoms with Gasteiger partial charge in [-0.3, -0.25) is 9.78 Å². The van der Waals surface area contributed by atoms with E-state index in [0.29, 0.717) is 19.0 Å². The van der Waals surface area contributed by atoms with Gasteiger partial charge in [0.1, 0.15) is 5.82 Å². The van der Waals surface area contributed by atoms with E-state index in [0.717, 1.165) is 12.6 Å². The van der Waals surface area contributed by atoms with Gasteiger partial charge in [0.2, 0.25) is 0 Å². The number of hydrogen-bond donors (Lipinski definition) is 0. The van der Waals surface area contributed by atoms with Crippen molar-refractivity contribution >= 4 is 17.5 Å². The fraction of sp³-hybridized carbons (Fsp3) is 0.500. The third-order valence-corrected chi connectivity index (χ3v) is 3.67. The van der Waals surface area contributed by atoms with Crippen LogP contribution in [0.1, 0.15) is 23.7 Å². The van der Waals surface area contributed by atoms with Crippen LogP contribution in [-0.4, -0.2) is 34.3 Å². The summed E-state index contributed by atoms with van der Waals surface area (Å²) in [7, 11) is 0. The van der Waals surface area contributed by atoms with Crippen LogP contribution >= 0.6 is 11.6 Å². The van der Waals surface area contributed by atoms with E-state index in [4.69, 9.17) is 11.6 Å². The summed E-state index contributed by atoms with van der Waals surface area (Å²) in [5.41, 5.74) is 0.281. The van der Waals surface area contributed by atoms with Gasteiger partial charge >= 0.3 is 0 Å². The second-order valence-corrected chi connectivity index (χ2v) is 4.99. The average Bonchev–Trinajstić information content (AvgIpc) is 2.32. The SMILES string of the molecule is CC1CCN(C(=O)c2cncc(F)c2)CC1Cl. The van der Waals surface area contributed by atoms with Gasteiger partial charge in [0.15, 0.2) is 0 Å². The quantitative estimate of drug-likeness (QED) is 0.723. The second kappa shape index (κ2) is 5.00. The van der Waals surface area contributed by atoms with E-state index in [9.17, 15) is 9.18 Å². The molecule has 2 heterocycles. The van der Waals surface area contributed by atoms with Crippen molar-refractivity contribution in [3.05, 3.63) is 29.8 Å². The first kappa shape index (κ1) is 12.3. The molecule has 0 N–H and O–H groups in total. The Morgan fingerprint density at radius 1 is 1.59 bits per heavy atom. The number of carbonyl (C=O) groups excluding carboxylic acids is 1. The van der Waals surface area contributed by atoms with Crippen LogP contribution in [0.15, 0.2) is 18.5 Å². The summed E-state index contributed by atoms with van der Waals surface area (Å²) >= 11 is 6.14. The van der Waals surface area contributed by atoms with Crippen molar-refractivity contribution < 1.29 is 9.18 Å². The number of pyridine rings is 1. The monoisotopic (exact) mass is 256 g/mol. The molecule has 0 radical (unpaired) electrons. The van der Waals surface area contributed by atoms with E-state index in [-0.39, 0.29) is 16.8 Å². The van der Waals surface area contributed by atoms with Gasteiger partial charge in [0, 0.05) is 19.3 Å². The Balaban J connectivity index is 2.10. The Morgan fingerprint density at radius 2 is 2.35 bits per heavy atom. The van der Waals surface area contributed by atoms with Gasteiger partial charge in [-0.05, 0) is 18.4 Å². The summed E-state index contributed by atoms with van der Waals surface area (Å²) in [6.45, 7) is 3.25. The van der Waals surface area contributed by atoms with E-state index in [2.05, 4.69) is 11.9 Å². The Hall–Kier alpha value is -1.16. The Morgan fingerprint density at radius 3 is 3.00 bits per heavy atom. The fourth-order valence-corrected chi connectivity index (χ4v) is 2.21. The minimum atomic E-state index is -0.497. The van der Waals surface area contributed by atoms with Gasteiger partial charge in [-0.1, -0.05) is 6.92 Å². The van der Waals surface area contributed by atoms with Crippen molar-refractivity contribution in [1.29, 1.82) is 0 Å². The van der Waals surface area contributed by atoms with Crippen LogP contribution in [0, 0.1) is 11.7 Å². The molecule has 0 aliphatic carbocycles. The number of likely N-dealkylation sites (tertiary alicyclic amines) is 1. The van der Waals surface area contributed by atoms with Crippen molar-refractivity contribution in [3.8, 4) is 0 Å². The maximum Gasteiger partial charge on any atom is 0.255 e. The molecular weight excluding hydrogens is 243 g/mol. The first-order valence-corrected chi connectivity index (χ1v) is 6.05. The number of rotatable bonds is 1. The molecule has 0 aromatic carbocycles. The Kier molecular flexibility index (Phi) is 3.62. The third kappa shape index (κ3) is 2.75. The highest BCUT2D eigenvalue weighted by Crippen LogP contribution is 2.23. The predicted octanol–water partition coefficient (Wildman–Crippen LogP) is 2.31. The van der Waals surface area contributed by atoms with Crippen molar-refractivity contribution in [1.82, 2.24) is 9.88 Å². The zero-order valence-corrected chi connectivity index (χ0v) is 10.3. The van der Waals surface area contributed by atoms with Gasteiger partial charge < -0.3 is 4.90 Å². The lowest BCUT2D eigenvalue weighted by atomic mass is 9.98. The Labute approximate surface area is 105 Å². The normalized spacial score (nSPS) is 24.8. The lowest BCUT2D eigenvalue weighted by Crippen LogP contribution is -2.43. The number of nitrogens with zero attached hydrogens (tertiary/aromatic N) is 2. The van der Waals surface area contributed by atoms with Crippen LogP contribution < -0.4 is 0 Å². The molecule has 3 nitrogen and oxygen atoms in total. The minimum absolute atomic E-state index is 0.0331. The van der Waals surface area contributed by atoms with Gasteiger partial charge in [-0.2, -0.15) is 0 Å². The molecule has 1 aromatic heterocycles. The maximum atomic E-state index is 13.0. The van der Waals surface area contributed by atoms with Crippen molar-refractivity contribution in [2.75, 3.05) is 13.1 Å². The van der Waals surface area contributed by atoms with Crippen molar-refractivity contribution in [2.24, 2.45) is 5.92 Å². The highest BCUT2D eigenvalue weighted by atomic mass is 35.5. The number of halogens is 2. The molecule has 2 rings (SSSR count). The third-order valence-electron chi connectivity index (χ3n) is 3.11. The maximum absolute atomic E-state index is 13.0. The summed E-state index contributed by atoms with van der Waals surface area (Å²) in [6, 6.07) is 1.20. The number of hydrogen-bond acceptors (Lipinski definition) is 2. The standard InChI is InChI=1S/C12H14ClFN2O/c1-8-2-3-16(7-11(8)13)12(17)9-4-10(14)6-15-5-9/h4-6,8,11H,2-3,7H2,1H3. The summed E-state index contributed by atoms with van der Waals surface area (Å²) in [4.78, 5) is 17.4. The summed E-state index contributed by atoms with van der Waals surface area (Å²) < 4.78 is 13.0. The molecule has 1 fully saturated rings. The summed E-state index contributed by atoms with van der Waals surface area (Å²) in [5, 5.41) is -0.0331. The lowest BCUT2D eigenvalue weighted by Gasteiger charge is -2.33. The molecule has 1 aliphatic rings. The molecule has 92 valence electrons. The molecule has 1 aliphatic heterocycles. The molecule has 2 atom stereocenters. The molecular formula is C12H14ClFN2O. The number of alkyl halides is 1. The van der Waals surface area contributed by atoms with Crippen LogP contribution in [-0.2, 0) is 0 Å². The predicted molar refractivity (Wildman–Crippen MR) is 63.5 cm³/mol. The van der Waals surface area contributed by atoms with Crippen molar-refractivity contribution in [3.63, 3.8) is 0 Å². The minimum Gasteiger partial charge on any atom is -0.337 e. The van der Waals surface area contributed by atoms with E-state index in [1.54, 1.807) is 4.90 Å². The first-order chi connectivity index (χ1) is 8.08. The van der Waals surface area contributed by atoms with E-state index < -0.39 is 5.82 Å². The molecule has 1 saturated heterocycles. The summed E-state index contributed by atoms with van der Waals surface area (Å²) in [6.07, 6.45) is 3.34. The van der Waals surface area contributed by atoms with E-state index in [1.165, 1.54) is 12.3 Å². The van der Waals surface area contributed by atoms with E-state index in [1.807, 2.05) is 0 Å². The largest absolute Gasteiger partial charge is 0.337 e. The van der Waals surface area contributed by atoms with Gasteiger partial charge in [0.05, 0.1) is 17.1 Å². The highest BCUT2D eigenvalue weighted by molar-refractivity contribution is 6.21. The first-order valence-electron chi connectivity index (χ1n) is 5.62. The summed E-state index contributed by atoms with van der Waals surface area (Å²) in [5.74, 6) is -0.287. The number of piperidine rings is 1. The average molecular weight is 257 g/mol. The van der Waals surface area contributed by atoms with Crippen LogP contribution in [0.2, 0.25) is 0 Å². The Bertz CT molecular complexity index is 427. The van der Waals surface area contributed by atoms with Gasteiger partial charge in [0.25, 0.3) is 5.91 Å². The number of aromatic nitrogens is 1. The smallest absolute Gasteiger partial charge is 0.255 e. The molecule has 1 aromatic rings. The molecule has 0 saturated carbocycles. The highest BCUT2D eigenvalue weighted by Gasteiger charge is 2.28. The van der Waals surface area contributed by atoms with Gasteiger partial charge in [-0.25, -0.2) is 4.39 Å². The number of amides is 1. The van der Waals surface area contributed by atoms with Crippen LogP contribution in [0.5, 0.6) is 0 Å². The number of carbonyl (C=O) groups is 1. The van der Waals surface area contributed by atoms with Crippen LogP contribution in [0.25, 0.3) is 0 Å². The van der Waals surface area contributed by atoms with E-state index >= 15 is 0 Å². The molecule has 17 heavy (non-hydrogen) atoms. The van der Waals surface area contributed by atoms with Gasteiger partial charge in [-0.15, -0.1) is 11.6 Å². The molecule has 2 unspecified atom stereocenters. The van der Waals surface area contributed by atoms with Crippen molar-refractivity contribution in [2.45, 2.75) is 18.7 Å².